The third-order valence-corrected chi connectivity index (χ3v) is 6.96. The summed E-state index contributed by atoms with van der Waals surface area (Å²) in [6.07, 6.45) is 12.0. The lowest BCUT2D eigenvalue weighted by atomic mass is 9.94. The third kappa shape index (κ3) is 5.39. The van der Waals surface area contributed by atoms with Crippen molar-refractivity contribution in [3.8, 4) is 11.1 Å². The van der Waals surface area contributed by atoms with E-state index in [0.29, 0.717) is 12.1 Å². The van der Waals surface area contributed by atoms with E-state index in [9.17, 15) is 4.79 Å². The maximum Gasteiger partial charge on any atom is 0.247 e. The topological polar surface area (TPSA) is 41.1 Å². The fourth-order valence-electron chi connectivity index (χ4n) is 5.03. The minimum absolute atomic E-state index is 0.0679. The molecule has 3 heteroatoms. The first-order chi connectivity index (χ1) is 15.0. The van der Waals surface area contributed by atoms with Crippen molar-refractivity contribution in [3.63, 3.8) is 0 Å². The Bertz CT molecular complexity index is 946. The van der Waals surface area contributed by atoms with E-state index in [4.69, 9.17) is 0 Å². The summed E-state index contributed by atoms with van der Waals surface area (Å²) in [5.41, 5.74) is 8.05. The standard InChI is InChI=1S/C28H36N2O/c1-19-18-27(22-12-14-26(15-13-22)29-24-8-4-5-9-24)20(2)16-23(19)17-21(3)28(31)30-25-10-6-7-11-25/h12-18,24-25,29H,4-11H2,1-3H3,(H,30,31). The van der Waals surface area contributed by atoms with Crippen molar-refractivity contribution in [3.05, 3.63) is 58.7 Å². The van der Waals surface area contributed by atoms with E-state index in [-0.39, 0.29) is 5.91 Å². The predicted octanol–water partition coefficient (Wildman–Crippen LogP) is 6.79. The SMILES string of the molecule is CC(=Cc1cc(C)c(-c2ccc(NC3CCCC3)cc2)cc1C)C(=O)NC1CCCC1. The highest BCUT2D eigenvalue weighted by Crippen LogP contribution is 2.30. The zero-order valence-electron chi connectivity index (χ0n) is 19.3. The highest BCUT2D eigenvalue weighted by molar-refractivity contribution is 5.97. The molecule has 2 aliphatic carbocycles. The zero-order chi connectivity index (χ0) is 21.8. The molecule has 2 fully saturated rings. The number of hydrogen-bond acceptors (Lipinski definition) is 2. The number of hydrogen-bond donors (Lipinski definition) is 2. The Hall–Kier alpha value is -2.55. The minimum Gasteiger partial charge on any atom is -0.382 e. The average molecular weight is 417 g/mol. The number of aryl methyl sites for hydroxylation is 2. The second kappa shape index (κ2) is 9.72. The molecule has 0 saturated heterocycles. The first kappa shape index (κ1) is 21.7. The van der Waals surface area contributed by atoms with Crippen LogP contribution in [0.15, 0.2) is 42.0 Å². The normalized spacial score (nSPS) is 17.8. The van der Waals surface area contributed by atoms with Gasteiger partial charge in [0.1, 0.15) is 0 Å². The Morgan fingerprint density at radius 3 is 2.13 bits per heavy atom. The summed E-state index contributed by atoms with van der Waals surface area (Å²) in [4.78, 5) is 12.6. The molecule has 0 spiro atoms. The second-order valence-electron chi connectivity index (χ2n) is 9.51. The summed E-state index contributed by atoms with van der Waals surface area (Å²) < 4.78 is 0. The van der Waals surface area contributed by atoms with Gasteiger partial charge < -0.3 is 10.6 Å². The molecule has 0 bridgehead atoms. The van der Waals surface area contributed by atoms with E-state index in [0.717, 1.165) is 24.0 Å². The molecule has 2 N–H and O–H groups in total. The summed E-state index contributed by atoms with van der Waals surface area (Å²) in [5, 5.41) is 6.85. The van der Waals surface area contributed by atoms with Crippen LogP contribution in [0.1, 0.15) is 75.0 Å². The number of amides is 1. The van der Waals surface area contributed by atoms with Crippen molar-refractivity contribution in [2.24, 2.45) is 0 Å². The highest BCUT2D eigenvalue weighted by atomic mass is 16.1. The van der Waals surface area contributed by atoms with Crippen molar-refractivity contribution < 1.29 is 4.79 Å². The first-order valence-corrected chi connectivity index (χ1v) is 12.0. The van der Waals surface area contributed by atoms with E-state index >= 15 is 0 Å². The second-order valence-corrected chi connectivity index (χ2v) is 9.51. The number of carbonyl (C=O) groups is 1. The van der Waals surface area contributed by atoms with Crippen molar-refractivity contribution in [2.45, 2.75) is 84.2 Å². The van der Waals surface area contributed by atoms with Gasteiger partial charge in [0.15, 0.2) is 0 Å². The van der Waals surface area contributed by atoms with Crippen LogP contribution in [0, 0.1) is 13.8 Å². The fourth-order valence-corrected chi connectivity index (χ4v) is 5.03. The van der Waals surface area contributed by atoms with Crippen molar-refractivity contribution in [2.75, 3.05) is 5.32 Å². The van der Waals surface area contributed by atoms with Gasteiger partial charge in [-0.25, -0.2) is 0 Å². The van der Waals surface area contributed by atoms with E-state index in [1.807, 2.05) is 13.0 Å². The molecular weight excluding hydrogens is 380 g/mol. The van der Waals surface area contributed by atoms with Gasteiger partial charge in [0.05, 0.1) is 0 Å². The van der Waals surface area contributed by atoms with Gasteiger partial charge in [-0.2, -0.15) is 0 Å². The van der Waals surface area contributed by atoms with Gasteiger partial charge in [-0.3, -0.25) is 4.79 Å². The molecule has 2 aromatic rings. The zero-order valence-corrected chi connectivity index (χ0v) is 19.3. The number of anilines is 1. The summed E-state index contributed by atoms with van der Waals surface area (Å²) in [5.74, 6) is 0.0679. The van der Waals surface area contributed by atoms with Crippen LogP contribution in [0.3, 0.4) is 0 Å². The molecule has 0 aromatic heterocycles. The van der Waals surface area contributed by atoms with Gasteiger partial charge in [-0.15, -0.1) is 0 Å². The molecule has 0 radical (unpaired) electrons. The molecule has 1 amide bonds. The van der Waals surface area contributed by atoms with Gasteiger partial charge in [0, 0.05) is 23.3 Å². The summed E-state index contributed by atoms with van der Waals surface area (Å²) >= 11 is 0. The van der Waals surface area contributed by atoms with E-state index < -0.39 is 0 Å². The molecule has 0 aliphatic heterocycles. The largest absolute Gasteiger partial charge is 0.382 e. The van der Waals surface area contributed by atoms with Gasteiger partial charge in [0.2, 0.25) is 5.91 Å². The summed E-state index contributed by atoms with van der Waals surface area (Å²) in [7, 11) is 0. The average Bonchev–Trinajstić information content (AvgIpc) is 3.45. The maximum atomic E-state index is 12.6. The van der Waals surface area contributed by atoms with Gasteiger partial charge in [-0.05, 0) is 92.5 Å². The number of benzene rings is 2. The molecule has 31 heavy (non-hydrogen) atoms. The molecule has 0 unspecified atom stereocenters. The van der Waals surface area contributed by atoms with E-state index in [1.165, 1.54) is 66.5 Å². The van der Waals surface area contributed by atoms with Crippen LogP contribution in [0.2, 0.25) is 0 Å². The molecule has 2 saturated carbocycles. The lowest BCUT2D eigenvalue weighted by Crippen LogP contribution is -2.33. The third-order valence-electron chi connectivity index (χ3n) is 6.96. The van der Waals surface area contributed by atoms with E-state index in [1.54, 1.807) is 0 Å². The molecule has 2 aromatic carbocycles. The van der Waals surface area contributed by atoms with Crippen LogP contribution < -0.4 is 10.6 Å². The number of nitrogens with one attached hydrogen (secondary N) is 2. The summed E-state index contributed by atoms with van der Waals surface area (Å²) in [6, 6.07) is 14.3. The predicted molar refractivity (Wildman–Crippen MR) is 131 cm³/mol. The van der Waals surface area contributed by atoms with Gasteiger partial charge in [0.25, 0.3) is 0 Å². The Balaban J connectivity index is 1.48. The minimum atomic E-state index is 0.0679. The molecular formula is C28H36N2O. The van der Waals surface area contributed by atoms with Crippen LogP contribution >= 0.6 is 0 Å². The number of carbonyl (C=O) groups excluding carboxylic acids is 1. The molecule has 0 atom stereocenters. The fraction of sp³-hybridized carbons (Fsp3) is 0.464. The Kier molecular flexibility index (Phi) is 6.80. The molecule has 3 nitrogen and oxygen atoms in total. The van der Waals surface area contributed by atoms with Gasteiger partial charge in [-0.1, -0.05) is 49.9 Å². The van der Waals surface area contributed by atoms with Crippen molar-refractivity contribution >= 4 is 17.7 Å². The summed E-state index contributed by atoms with van der Waals surface area (Å²) in [6.45, 7) is 6.21. The van der Waals surface area contributed by atoms with Crippen LogP contribution in [0.25, 0.3) is 17.2 Å². The molecule has 2 aliphatic rings. The lowest BCUT2D eigenvalue weighted by molar-refractivity contribution is -0.118. The Morgan fingerprint density at radius 1 is 0.871 bits per heavy atom. The molecule has 164 valence electrons. The van der Waals surface area contributed by atoms with E-state index in [2.05, 4.69) is 60.9 Å². The van der Waals surface area contributed by atoms with Crippen molar-refractivity contribution in [1.82, 2.24) is 5.32 Å². The Morgan fingerprint density at radius 2 is 1.48 bits per heavy atom. The quantitative estimate of drug-likeness (QED) is 0.509. The highest BCUT2D eigenvalue weighted by Gasteiger charge is 2.18. The lowest BCUT2D eigenvalue weighted by Gasteiger charge is -2.15. The van der Waals surface area contributed by atoms with Gasteiger partial charge >= 0.3 is 0 Å². The molecule has 4 rings (SSSR count). The monoisotopic (exact) mass is 416 g/mol. The van der Waals surface area contributed by atoms with Crippen LogP contribution in [0.4, 0.5) is 5.69 Å². The van der Waals surface area contributed by atoms with Crippen LogP contribution in [0.5, 0.6) is 0 Å². The van der Waals surface area contributed by atoms with Crippen molar-refractivity contribution in [1.29, 1.82) is 0 Å². The number of rotatable bonds is 6. The van der Waals surface area contributed by atoms with Crippen LogP contribution in [-0.2, 0) is 4.79 Å². The maximum absolute atomic E-state index is 12.6. The first-order valence-electron chi connectivity index (χ1n) is 12.0. The van der Waals surface area contributed by atoms with Crippen LogP contribution in [-0.4, -0.2) is 18.0 Å². The smallest absolute Gasteiger partial charge is 0.247 e. The molecule has 0 heterocycles. The Labute approximate surface area is 187 Å².